The number of nitrogens with zero attached hydrogens (tertiary/aromatic N) is 4. The highest BCUT2D eigenvalue weighted by Gasteiger charge is 2.32. The third-order valence-corrected chi connectivity index (χ3v) is 7.37. The molecule has 2 saturated heterocycles. The molecule has 2 aromatic rings. The van der Waals surface area contributed by atoms with E-state index in [0.29, 0.717) is 0 Å². The average molecular weight is 421 g/mol. The summed E-state index contributed by atoms with van der Waals surface area (Å²) in [5, 5.41) is 0. The van der Waals surface area contributed by atoms with Crippen LogP contribution in [0.2, 0.25) is 0 Å². The lowest BCUT2D eigenvalue weighted by molar-refractivity contribution is -0.108. The van der Waals surface area contributed by atoms with E-state index in [0.717, 1.165) is 61.4 Å². The Morgan fingerprint density at radius 1 is 1.00 bits per heavy atom. The van der Waals surface area contributed by atoms with Crippen LogP contribution in [0.25, 0.3) is 6.08 Å². The van der Waals surface area contributed by atoms with Crippen LogP contribution in [0.3, 0.4) is 0 Å². The lowest BCUT2D eigenvalue weighted by atomic mass is 10.1. The molecular weight excluding hydrogens is 392 g/mol. The first-order chi connectivity index (χ1) is 14.8. The third-order valence-electron chi connectivity index (χ3n) is 6.29. The van der Waals surface area contributed by atoms with Gasteiger partial charge in [0.05, 0.1) is 11.9 Å². The molecule has 0 N–H and O–H groups in total. The van der Waals surface area contributed by atoms with Crippen LogP contribution in [0.1, 0.15) is 18.4 Å². The fourth-order valence-corrected chi connectivity index (χ4v) is 5.63. The van der Waals surface area contributed by atoms with Crippen molar-refractivity contribution in [1.82, 2.24) is 9.88 Å². The van der Waals surface area contributed by atoms with Gasteiger partial charge in [-0.25, -0.2) is 0 Å². The van der Waals surface area contributed by atoms with Crippen molar-refractivity contribution in [2.45, 2.75) is 24.9 Å². The molecule has 5 rings (SSSR count). The van der Waals surface area contributed by atoms with Crippen LogP contribution in [-0.2, 0) is 4.79 Å². The number of hydrogen-bond donors (Lipinski definition) is 0. The molecular formula is C24H28N4OS. The molecule has 0 spiro atoms. The van der Waals surface area contributed by atoms with E-state index in [9.17, 15) is 4.79 Å². The summed E-state index contributed by atoms with van der Waals surface area (Å²) in [7, 11) is 0. The van der Waals surface area contributed by atoms with E-state index in [1.54, 1.807) is 18.0 Å². The second-order valence-corrected chi connectivity index (χ2v) is 9.36. The first-order valence-corrected chi connectivity index (χ1v) is 11.9. The number of thioether (sulfide) groups is 1. The number of pyridine rings is 1. The van der Waals surface area contributed by atoms with Gasteiger partial charge >= 0.3 is 0 Å². The molecule has 156 valence electrons. The summed E-state index contributed by atoms with van der Waals surface area (Å²) in [6.45, 7) is 5.29. The number of piperazine rings is 1. The Labute approximate surface area is 182 Å². The summed E-state index contributed by atoms with van der Waals surface area (Å²) < 4.78 is 0. The monoisotopic (exact) mass is 420 g/mol. The molecule has 2 aliphatic heterocycles. The van der Waals surface area contributed by atoms with Crippen molar-refractivity contribution in [2.75, 3.05) is 48.3 Å². The van der Waals surface area contributed by atoms with Gasteiger partial charge in [-0.2, -0.15) is 0 Å². The number of para-hydroxylation sites is 1. The van der Waals surface area contributed by atoms with Gasteiger partial charge in [0.1, 0.15) is 12.3 Å². The number of hydrogen-bond acceptors (Lipinski definition) is 6. The summed E-state index contributed by atoms with van der Waals surface area (Å²) in [4.78, 5) is 24.8. The van der Waals surface area contributed by atoms with Crippen molar-refractivity contribution in [1.29, 1.82) is 0 Å². The minimum Gasteiger partial charge on any atom is -0.368 e. The van der Waals surface area contributed by atoms with Gasteiger partial charge in [-0.3, -0.25) is 9.88 Å². The second kappa shape index (κ2) is 8.82. The Hall–Kier alpha value is -2.31. The molecule has 0 radical (unpaired) electrons. The second-order valence-electron chi connectivity index (χ2n) is 8.19. The van der Waals surface area contributed by atoms with Crippen LogP contribution in [0.15, 0.2) is 53.7 Å². The van der Waals surface area contributed by atoms with E-state index in [1.165, 1.54) is 24.1 Å². The number of benzene rings is 1. The SMILES string of the molecule is O=CC1C(=Cc2ccccc2N2CCN(C3CC3)CC2)SCCN1c1cccnc1. The van der Waals surface area contributed by atoms with Crippen LogP contribution < -0.4 is 9.80 Å². The number of carbonyl (C=O) groups is 1. The van der Waals surface area contributed by atoms with E-state index in [2.05, 4.69) is 50.0 Å². The average Bonchev–Trinajstić information content (AvgIpc) is 3.66. The number of anilines is 2. The lowest BCUT2D eigenvalue weighted by Gasteiger charge is -2.37. The standard InChI is InChI=1S/C24H28N4OS/c29-18-23-24(30-15-14-28(23)21-5-3-9-25-17-21)16-19-4-1-2-6-22(19)27-12-10-26(11-13-27)20-7-8-20/h1-6,9,16-18,20,23H,7-8,10-15H2. The zero-order chi connectivity index (χ0) is 20.3. The Morgan fingerprint density at radius 2 is 1.83 bits per heavy atom. The lowest BCUT2D eigenvalue weighted by Crippen LogP contribution is -2.47. The summed E-state index contributed by atoms with van der Waals surface area (Å²) in [6.07, 6.45) is 9.67. The van der Waals surface area contributed by atoms with E-state index in [1.807, 2.05) is 18.3 Å². The molecule has 3 heterocycles. The van der Waals surface area contributed by atoms with Gasteiger partial charge in [-0.15, -0.1) is 11.8 Å². The predicted molar refractivity (Wildman–Crippen MR) is 125 cm³/mol. The zero-order valence-corrected chi connectivity index (χ0v) is 18.0. The van der Waals surface area contributed by atoms with Gasteiger partial charge in [0, 0.05) is 61.3 Å². The summed E-state index contributed by atoms with van der Waals surface area (Å²) in [5.41, 5.74) is 3.49. The normalized spacial score (nSPS) is 24.3. The maximum atomic E-state index is 12.1. The minimum atomic E-state index is -0.257. The van der Waals surface area contributed by atoms with Crippen molar-refractivity contribution >= 4 is 35.5 Å². The largest absolute Gasteiger partial charge is 0.368 e. The maximum absolute atomic E-state index is 12.1. The van der Waals surface area contributed by atoms with Crippen LogP contribution >= 0.6 is 11.8 Å². The Bertz CT molecular complexity index is 906. The molecule has 5 nitrogen and oxygen atoms in total. The third kappa shape index (κ3) is 4.12. The minimum absolute atomic E-state index is 0.257. The first-order valence-electron chi connectivity index (χ1n) is 10.9. The highest BCUT2D eigenvalue weighted by atomic mass is 32.2. The zero-order valence-electron chi connectivity index (χ0n) is 17.2. The van der Waals surface area contributed by atoms with E-state index in [-0.39, 0.29) is 6.04 Å². The molecule has 3 aliphatic rings. The van der Waals surface area contributed by atoms with Gasteiger partial charge in [-0.05, 0) is 42.7 Å². The van der Waals surface area contributed by atoms with Crippen molar-refractivity contribution < 1.29 is 4.79 Å². The van der Waals surface area contributed by atoms with Crippen molar-refractivity contribution in [3.63, 3.8) is 0 Å². The molecule has 1 unspecified atom stereocenters. The summed E-state index contributed by atoms with van der Waals surface area (Å²) in [5.74, 6) is 0.966. The molecule has 3 fully saturated rings. The number of rotatable bonds is 5. The fraction of sp³-hybridized carbons (Fsp3) is 0.417. The molecule has 1 aromatic carbocycles. The van der Waals surface area contributed by atoms with Gasteiger partial charge in [0.25, 0.3) is 0 Å². The molecule has 30 heavy (non-hydrogen) atoms. The van der Waals surface area contributed by atoms with Crippen LogP contribution in [0.4, 0.5) is 11.4 Å². The molecule has 1 saturated carbocycles. The Kier molecular flexibility index (Phi) is 5.77. The molecule has 0 amide bonds. The molecule has 1 atom stereocenters. The molecule has 0 bridgehead atoms. The van der Waals surface area contributed by atoms with Gasteiger partial charge in [0.2, 0.25) is 0 Å². The molecule has 6 heteroatoms. The Balaban J connectivity index is 1.39. The van der Waals surface area contributed by atoms with E-state index in [4.69, 9.17) is 0 Å². The number of carbonyl (C=O) groups excluding carboxylic acids is 1. The van der Waals surface area contributed by atoms with Crippen LogP contribution in [0, 0.1) is 0 Å². The topological polar surface area (TPSA) is 39.7 Å². The van der Waals surface area contributed by atoms with Crippen LogP contribution in [-0.4, -0.2) is 66.7 Å². The highest BCUT2D eigenvalue weighted by molar-refractivity contribution is 8.03. The number of aldehydes is 1. The van der Waals surface area contributed by atoms with Crippen LogP contribution in [0.5, 0.6) is 0 Å². The number of aromatic nitrogens is 1. The fourth-order valence-electron chi connectivity index (χ4n) is 4.54. The molecule has 1 aromatic heterocycles. The van der Waals surface area contributed by atoms with Gasteiger partial charge < -0.3 is 14.6 Å². The van der Waals surface area contributed by atoms with E-state index >= 15 is 0 Å². The predicted octanol–water partition coefficient (Wildman–Crippen LogP) is 3.53. The maximum Gasteiger partial charge on any atom is 0.147 e. The first kappa shape index (κ1) is 19.6. The molecule has 1 aliphatic carbocycles. The smallest absolute Gasteiger partial charge is 0.147 e. The van der Waals surface area contributed by atoms with Gasteiger partial charge in [0.15, 0.2) is 0 Å². The summed E-state index contributed by atoms with van der Waals surface area (Å²) in [6, 6.07) is 13.2. The van der Waals surface area contributed by atoms with Crippen molar-refractivity contribution in [2.24, 2.45) is 0 Å². The van der Waals surface area contributed by atoms with E-state index < -0.39 is 0 Å². The highest BCUT2D eigenvalue weighted by Crippen LogP contribution is 2.35. The van der Waals surface area contributed by atoms with Crippen molar-refractivity contribution in [3.8, 4) is 0 Å². The summed E-state index contributed by atoms with van der Waals surface area (Å²) >= 11 is 1.80. The Morgan fingerprint density at radius 3 is 2.57 bits per heavy atom. The van der Waals surface area contributed by atoms with Crippen molar-refractivity contribution in [3.05, 3.63) is 59.3 Å². The quantitative estimate of drug-likeness (QED) is 0.689. The van der Waals surface area contributed by atoms with Gasteiger partial charge in [-0.1, -0.05) is 18.2 Å².